The summed E-state index contributed by atoms with van der Waals surface area (Å²) >= 11 is 0. The summed E-state index contributed by atoms with van der Waals surface area (Å²) in [6.45, 7) is 0. The average Bonchev–Trinajstić information content (AvgIpc) is 2.72. The summed E-state index contributed by atoms with van der Waals surface area (Å²) in [5, 5.41) is 9.32. The summed E-state index contributed by atoms with van der Waals surface area (Å²) in [6, 6.07) is 13.7. The van der Waals surface area contributed by atoms with Crippen molar-refractivity contribution in [1.82, 2.24) is 0 Å². The number of anilines is 1. The molecule has 0 atom stereocenters. The normalized spacial score (nSPS) is 17.2. The van der Waals surface area contributed by atoms with Crippen LogP contribution in [0.25, 0.3) is 0 Å². The molecule has 20 heavy (non-hydrogen) atoms. The molecule has 104 valence electrons. The summed E-state index contributed by atoms with van der Waals surface area (Å²) < 4.78 is 24.1. The predicted octanol–water partition coefficient (Wildman–Crippen LogP) is 3.31. The average molecular weight is 290 g/mol. The van der Waals surface area contributed by atoms with E-state index in [2.05, 4.69) is 4.40 Å². The van der Waals surface area contributed by atoms with Crippen molar-refractivity contribution in [2.45, 2.75) is 4.90 Å². The number of rotatable bonds is 1. The van der Waals surface area contributed by atoms with E-state index in [1.807, 2.05) is 12.1 Å². The minimum Gasteiger partial charge on any atom is -0.508 e. The molecule has 0 saturated heterocycles. The number of aromatic hydroxyl groups is 1. The molecule has 1 aliphatic rings. The van der Waals surface area contributed by atoms with Crippen LogP contribution in [-0.2, 0) is 0 Å². The van der Waals surface area contributed by atoms with Gasteiger partial charge in [0.2, 0.25) is 0 Å². The molecule has 0 spiro atoms. The van der Waals surface area contributed by atoms with E-state index in [1.54, 1.807) is 48.3 Å². The van der Waals surface area contributed by atoms with E-state index in [-0.39, 0.29) is 5.75 Å². The van der Waals surface area contributed by atoms with Gasteiger partial charge in [-0.2, -0.15) is 0 Å². The van der Waals surface area contributed by atoms with Crippen molar-refractivity contribution in [1.29, 1.82) is 0 Å². The molecule has 0 unspecified atom stereocenters. The maximum Gasteiger partial charge on any atom is 0.162 e. The summed E-state index contributed by atoms with van der Waals surface area (Å²) in [5.41, 5.74) is 1.51. The number of benzene rings is 2. The van der Waals surface area contributed by atoms with E-state index in [0.717, 1.165) is 5.69 Å². The standard InChI is InChI=1S/C14H14N2O3S/c1-16(10-6-8-11(17)9-7-10)14-12-4-2-3-5-13(12)20(18,19)15-14/h2-9,17-19H,1H3. The zero-order valence-corrected chi connectivity index (χ0v) is 11.6. The molecule has 0 fully saturated rings. The fourth-order valence-electron chi connectivity index (χ4n) is 2.15. The van der Waals surface area contributed by atoms with Gasteiger partial charge in [-0.3, -0.25) is 9.11 Å². The number of hydrogen-bond donors (Lipinski definition) is 3. The molecular formula is C14H14N2O3S. The lowest BCUT2D eigenvalue weighted by Gasteiger charge is -2.22. The van der Waals surface area contributed by atoms with Crippen LogP contribution in [0.4, 0.5) is 5.69 Å². The lowest BCUT2D eigenvalue weighted by Crippen LogP contribution is -2.25. The Labute approximate surface area is 118 Å². The van der Waals surface area contributed by atoms with Crippen LogP contribution in [0.1, 0.15) is 5.56 Å². The van der Waals surface area contributed by atoms with Crippen LogP contribution in [0.15, 0.2) is 57.8 Å². The summed E-state index contributed by atoms with van der Waals surface area (Å²) in [5.74, 6) is 0.687. The molecule has 0 bridgehead atoms. The zero-order chi connectivity index (χ0) is 14.3. The van der Waals surface area contributed by atoms with Crippen LogP contribution >= 0.6 is 10.8 Å². The minimum atomic E-state index is -3.12. The lowest BCUT2D eigenvalue weighted by atomic mass is 10.2. The molecule has 2 aromatic rings. The van der Waals surface area contributed by atoms with Crippen LogP contribution in [0.5, 0.6) is 5.75 Å². The fraction of sp³-hybridized carbons (Fsp3) is 0.0714. The van der Waals surface area contributed by atoms with Crippen molar-refractivity contribution in [2.75, 3.05) is 11.9 Å². The third-order valence-electron chi connectivity index (χ3n) is 3.19. The Balaban J connectivity index is 2.05. The number of hydrogen-bond acceptors (Lipinski definition) is 5. The first-order valence-corrected chi connectivity index (χ1v) is 7.50. The SMILES string of the molecule is CN(C1=NS(O)(O)c2ccccc21)c1ccc(O)cc1. The second-order valence-electron chi connectivity index (χ2n) is 4.51. The predicted molar refractivity (Wildman–Crippen MR) is 80.6 cm³/mol. The molecule has 1 heterocycles. The first-order chi connectivity index (χ1) is 9.49. The van der Waals surface area contributed by atoms with Crippen LogP contribution < -0.4 is 4.90 Å². The van der Waals surface area contributed by atoms with Gasteiger partial charge in [0.25, 0.3) is 0 Å². The van der Waals surface area contributed by atoms with Crippen LogP contribution in [0.2, 0.25) is 0 Å². The van der Waals surface area contributed by atoms with Gasteiger partial charge in [-0.05, 0) is 36.4 Å². The van der Waals surface area contributed by atoms with Crippen molar-refractivity contribution in [2.24, 2.45) is 4.40 Å². The molecule has 0 radical (unpaired) electrons. The Hall–Kier alpha value is -2.02. The number of phenols is 1. The lowest BCUT2D eigenvalue weighted by molar-refractivity contribution is 0.475. The minimum absolute atomic E-state index is 0.181. The fourth-order valence-corrected chi connectivity index (χ4v) is 3.43. The molecule has 6 heteroatoms. The highest BCUT2D eigenvalue weighted by Gasteiger charge is 2.31. The third-order valence-corrected chi connectivity index (χ3v) is 4.57. The van der Waals surface area contributed by atoms with Gasteiger partial charge < -0.3 is 10.0 Å². The Bertz CT molecular complexity index is 683. The van der Waals surface area contributed by atoms with E-state index in [9.17, 15) is 14.2 Å². The number of amidine groups is 1. The highest BCUT2D eigenvalue weighted by molar-refractivity contribution is 8.23. The van der Waals surface area contributed by atoms with E-state index < -0.39 is 10.8 Å². The molecule has 5 nitrogen and oxygen atoms in total. The number of nitrogens with zero attached hydrogens (tertiary/aromatic N) is 2. The van der Waals surface area contributed by atoms with Gasteiger partial charge in [0.05, 0.1) is 4.90 Å². The quantitative estimate of drug-likeness (QED) is 0.753. The van der Waals surface area contributed by atoms with Gasteiger partial charge in [0, 0.05) is 18.3 Å². The maximum absolute atomic E-state index is 10.0. The van der Waals surface area contributed by atoms with Gasteiger partial charge in [-0.1, -0.05) is 22.9 Å². The first kappa shape index (κ1) is 13.0. The van der Waals surface area contributed by atoms with Gasteiger partial charge in [-0.15, -0.1) is 4.40 Å². The van der Waals surface area contributed by atoms with Crippen LogP contribution in [-0.4, -0.2) is 27.1 Å². The summed E-state index contributed by atoms with van der Waals surface area (Å²) in [6.07, 6.45) is 0. The number of fused-ring (bicyclic) bond motifs is 1. The largest absolute Gasteiger partial charge is 0.508 e. The Morgan fingerprint density at radius 1 is 1.00 bits per heavy atom. The monoisotopic (exact) mass is 290 g/mol. The highest BCUT2D eigenvalue weighted by Crippen LogP contribution is 2.56. The maximum atomic E-state index is 10.0. The van der Waals surface area contributed by atoms with E-state index in [0.29, 0.717) is 16.3 Å². The molecular weight excluding hydrogens is 276 g/mol. The van der Waals surface area contributed by atoms with E-state index in [4.69, 9.17) is 0 Å². The molecule has 0 aromatic heterocycles. The Kier molecular flexibility index (Phi) is 2.93. The smallest absolute Gasteiger partial charge is 0.162 e. The van der Waals surface area contributed by atoms with E-state index >= 15 is 0 Å². The highest BCUT2D eigenvalue weighted by atomic mass is 32.3. The van der Waals surface area contributed by atoms with Crippen molar-refractivity contribution in [3.8, 4) is 5.75 Å². The molecule has 2 aromatic carbocycles. The first-order valence-electron chi connectivity index (χ1n) is 5.99. The zero-order valence-electron chi connectivity index (χ0n) is 10.8. The molecule has 0 amide bonds. The number of phenolic OH excluding ortho intramolecular Hbond substituents is 1. The molecule has 1 aliphatic heterocycles. The van der Waals surface area contributed by atoms with Gasteiger partial charge in [0.1, 0.15) is 5.75 Å². The third kappa shape index (κ3) is 2.03. The van der Waals surface area contributed by atoms with E-state index in [1.165, 1.54) is 0 Å². The van der Waals surface area contributed by atoms with Crippen molar-refractivity contribution < 1.29 is 14.2 Å². The van der Waals surface area contributed by atoms with Crippen molar-refractivity contribution in [3.63, 3.8) is 0 Å². The van der Waals surface area contributed by atoms with Crippen LogP contribution in [0.3, 0.4) is 0 Å². The van der Waals surface area contributed by atoms with Gasteiger partial charge in [0.15, 0.2) is 5.84 Å². The van der Waals surface area contributed by atoms with Crippen molar-refractivity contribution >= 4 is 22.3 Å². The second kappa shape index (κ2) is 4.52. The molecule has 3 N–H and O–H groups in total. The summed E-state index contributed by atoms with van der Waals surface area (Å²) in [4.78, 5) is 2.21. The molecule has 3 rings (SSSR count). The van der Waals surface area contributed by atoms with Crippen molar-refractivity contribution in [3.05, 3.63) is 54.1 Å². The second-order valence-corrected chi connectivity index (χ2v) is 6.17. The summed E-state index contributed by atoms with van der Waals surface area (Å²) in [7, 11) is -1.32. The molecule has 0 saturated carbocycles. The topological polar surface area (TPSA) is 76.3 Å². The van der Waals surface area contributed by atoms with Gasteiger partial charge >= 0.3 is 0 Å². The Morgan fingerprint density at radius 3 is 2.35 bits per heavy atom. The Morgan fingerprint density at radius 2 is 1.65 bits per heavy atom. The molecule has 0 aliphatic carbocycles. The van der Waals surface area contributed by atoms with Crippen LogP contribution in [0, 0.1) is 0 Å². The van der Waals surface area contributed by atoms with Gasteiger partial charge in [-0.25, -0.2) is 0 Å².